The van der Waals surface area contributed by atoms with Crippen LogP contribution in [0.3, 0.4) is 0 Å². The Kier molecular flexibility index (Phi) is 5.34. The number of halogens is 1. The van der Waals surface area contributed by atoms with Crippen molar-refractivity contribution in [3.63, 3.8) is 0 Å². The lowest BCUT2D eigenvalue weighted by molar-refractivity contribution is -0.125. The molecule has 1 N–H and O–H groups in total. The Morgan fingerprint density at radius 2 is 1.63 bits per heavy atom. The van der Waals surface area contributed by atoms with Crippen LogP contribution in [-0.4, -0.2) is 17.8 Å². The third-order valence-electron chi connectivity index (χ3n) is 4.57. The summed E-state index contributed by atoms with van der Waals surface area (Å²) in [6, 6.07) is 0. The molecule has 3 nitrogen and oxygen atoms in total. The lowest BCUT2D eigenvalue weighted by atomic mass is 9.85. The molecule has 2 aliphatic carbocycles. The summed E-state index contributed by atoms with van der Waals surface area (Å²) in [6.45, 7) is 1.95. The van der Waals surface area contributed by atoms with Gasteiger partial charge in [0, 0.05) is 11.6 Å². The number of nitrogens with one attached hydrogen (secondary N) is 1. The molecule has 0 aromatic carbocycles. The van der Waals surface area contributed by atoms with Crippen molar-refractivity contribution in [2.45, 2.75) is 70.9 Å². The second-order valence-corrected chi connectivity index (χ2v) is 6.01. The Labute approximate surface area is 115 Å². The zero-order valence-corrected chi connectivity index (χ0v) is 11.8. The molecule has 2 saturated carbocycles. The van der Waals surface area contributed by atoms with Crippen molar-refractivity contribution in [3.05, 3.63) is 0 Å². The van der Waals surface area contributed by atoms with Gasteiger partial charge in [0.1, 0.15) is 6.17 Å². The molecule has 4 heteroatoms. The first-order chi connectivity index (χ1) is 9.16. The number of amides is 1. The molecule has 0 heterocycles. The predicted octanol–water partition coefficient (Wildman–Crippen LogP) is 3.59. The van der Waals surface area contributed by atoms with Crippen molar-refractivity contribution >= 4 is 11.6 Å². The van der Waals surface area contributed by atoms with Crippen LogP contribution in [-0.2, 0) is 4.79 Å². The van der Waals surface area contributed by atoms with Crippen molar-refractivity contribution in [3.8, 4) is 0 Å². The van der Waals surface area contributed by atoms with Crippen LogP contribution in [0.1, 0.15) is 64.7 Å². The summed E-state index contributed by atoms with van der Waals surface area (Å²) in [5, 5.41) is 4.24. The molecular formula is C15H25FN2O. The van der Waals surface area contributed by atoms with Crippen LogP contribution in [0, 0.1) is 11.8 Å². The summed E-state index contributed by atoms with van der Waals surface area (Å²) in [4.78, 5) is 12.0. The Bertz CT molecular complexity index is 329. The molecule has 1 amide bonds. The van der Waals surface area contributed by atoms with Crippen molar-refractivity contribution < 1.29 is 9.18 Å². The highest BCUT2D eigenvalue weighted by Crippen LogP contribution is 2.27. The van der Waals surface area contributed by atoms with Gasteiger partial charge in [0.2, 0.25) is 5.91 Å². The summed E-state index contributed by atoms with van der Waals surface area (Å²) in [7, 11) is 0. The average molecular weight is 268 g/mol. The van der Waals surface area contributed by atoms with E-state index < -0.39 is 6.17 Å². The van der Waals surface area contributed by atoms with Gasteiger partial charge in [0.15, 0.2) is 0 Å². The van der Waals surface area contributed by atoms with E-state index in [1.807, 2.05) is 6.92 Å². The molecule has 2 aliphatic rings. The lowest BCUT2D eigenvalue weighted by Crippen LogP contribution is -2.30. The van der Waals surface area contributed by atoms with Gasteiger partial charge in [-0.25, -0.2) is 9.82 Å². The van der Waals surface area contributed by atoms with Crippen LogP contribution in [0.4, 0.5) is 4.39 Å². The van der Waals surface area contributed by atoms with E-state index in [0.29, 0.717) is 18.8 Å². The number of carbonyl (C=O) groups excluding carboxylic acids is 1. The van der Waals surface area contributed by atoms with E-state index in [2.05, 4.69) is 10.5 Å². The summed E-state index contributed by atoms with van der Waals surface area (Å²) in [5.41, 5.74) is 3.67. The van der Waals surface area contributed by atoms with E-state index in [0.717, 1.165) is 44.2 Å². The number of alkyl halides is 1. The number of rotatable bonds is 3. The van der Waals surface area contributed by atoms with Crippen molar-refractivity contribution in [2.75, 3.05) is 0 Å². The van der Waals surface area contributed by atoms with Crippen LogP contribution >= 0.6 is 0 Å². The van der Waals surface area contributed by atoms with Crippen LogP contribution in [0.25, 0.3) is 0 Å². The van der Waals surface area contributed by atoms with E-state index >= 15 is 0 Å². The number of hydrogen-bond donors (Lipinski definition) is 1. The summed E-state index contributed by atoms with van der Waals surface area (Å²) in [5.74, 6) is 0.559. The van der Waals surface area contributed by atoms with Gasteiger partial charge in [-0.2, -0.15) is 5.10 Å². The quantitative estimate of drug-likeness (QED) is 0.617. The molecule has 0 spiro atoms. The van der Waals surface area contributed by atoms with Gasteiger partial charge in [-0.3, -0.25) is 4.79 Å². The molecule has 19 heavy (non-hydrogen) atoms. The van der Waals surface area contributed by atoms with Gasteiger partial charge >= 0.3 is 0 Å². The summed E-state index contributed by atoms with van der Waals surface area (Å²) >= 11 is 0. The third kappa shape index (κ3) is 4.29. The minimum absolute atomic E-state index is 0.0678. The monoisotopic (exact) mass is 268 g/mol. The highest BCUT2D eigenvalue weighted by atomic mass is 19.1. The number of hydrazone groups is 1. The van der Waals surface area contributed by atoms with E-state index in [1.165, 1.54) is 6.42 Å². The fraction of sp³-hybridized carbons (Fsp3) is 0.867. The molecule has 0 unspecified atom stereocenters. The maximum atomic E-state index is 13.1. The summed E-state index contributed by atoms with van der Waals surface area (Å²) in [6.07, 6.45) is 7.89. The van der Waals surface area contributed by atoms with Gasteiger partial charge in [-0.05, 0) is 51.4 Å². The molecule has 0 atom stereocenters. The standard InChI is InChI=1S/C15H25FN2O/c1-11(12-7-9-14(16)10-8-12)17-18-15(19)13-5-3-2-4-6-13/h12-14H,2-10H2,1H3,(H,18,19)/b17-11-. The van der Waals surface area contributed by atoms with Gasteiger partial charge in [0.05, 0.1) is 0 Å². The largest absolute Gasteiger partial charge is 0.273 e. The molecular weight excluding hydrogens is 243 g/mol. The summed E-state index contributed by atoms with van der Waals surface area (Å²) < 4.78 is 13.1. The molecule has 0 radical (unpaired) electrons. The van der Waals surface area contributed by atoms with Crippen molar-refractivity contribution in [1.82, 2.24) is 5.43 Å². The Morgan fingerprint density at radius 1 is 1.00 bits per heavy atom. The zero-order valence-electron chi connectivity index (χ0n) is 11.8. The van der Waals surface area contributed by atoms with E-state index in [1.54, 1.807) is 0 Å². The molecule has 0 aliphatic heterocycles. The van der Waals surface area contributed by atoms with Crippen LogP contribution in [0.2, 0.25) is 0 Å². The van der Waals surface area contributed by atoms with Crippen LogP contribution < -0.4 is 5.43 Å². The number of hydrogen-bond acceptors (Lipinski definition) is 2. The molecule has 0 aromatic rings. The minimum atomic E-state index is -0.638. The minimum Gasteiger partial charge on any atom is -0.273 e. The van der Waals surface area contributed by atoms with Crippen LogP contribution in [0.15, 0.2) is 5.10 Å². The third-order valence-corrected chi connectivity index (χ3v) is 4.57. The fourth-order valence-corrected chi connectivity index (χ4v) is 3.16. The van der Waals surface area contributed by atoms with E-state index in [4.69, 9.17) is 0 Å². The Balaban J connectivity index is 1.78. The molecule has 0 aromatic heterocycles. The maximum absolute atomic E-state index is 13.1. The first-order valence-corrected chi connectivity index (χ1v) is 7.65. The predicted molar refractivity (Wildman–Crippen MR) is 74.7 cm³/mol. The molecule has 2 rings (SSSR count). The van der Waals surface area contributed by atoms with Gasteiger partial charge in [0.25, 0.3) is 0 Å². The van der Waals surface area contributed by atoms with E-state index in [9.17, 15) is 9.18 Å². The number of carbonyl (C=O) groups is 1. The van der Waals surface area contributed by atoms with Gasteiger partial charge in [-0.15, -0.1) is 0 Å². The molecule has 2 fully saturated rings. The topological polar surface area (TPSA) is 41.5 Å². The second kappa shape index (κ2) is 7.01. The molecule has 108 valence electrons. The SMILES string of the molecule is C/C(=N/NC(=O)C1CCCCC1)C1CCC(F)CC1. The highest BCUT2D eigenvalue weighted by molar-refractivity contribution is 5.86. The first-order valence-electron chi connectivity index (χ1n) is 7.65. The van der Waals surface area contributed by atoms with Crippen LogP contribution in [0.5, 0.6) is 0 Å². The van der Waals surface area contributed by atoms with Gasteiger partial charge < -0.3 is 0 Å². The average Bonchev–Trinajstić information content (AvgIpc) is 2.46. The zero-order chi connectivity index (χ0) is 13.7. The Hall–Kier alpha value is -0.930. The normalized spacial score (nSPS) is 30.1. The number of nitrogens with zero attached hydrogens (tertiary/aromatic N) is 1. The molecule has 0 bridgehead atoms. The first kappa shape index (κ1) is 14.5. The smallest absolute Gasteiger partial charge is 0.243 e. The van der Waals surface area contributed by atoms with E-state index in [-0.39, 0.29) is 11.8 Å². The highest BCUT2D eigenvalue weighted by Gasteiger charge is 2.24. The lowest BCUT2D eigenvalue weighted by Gasteiger charge is -2.24. The van der Waals surface area contributed by atoms with Gasteiger partial charge in [-0.1, -0.05) is 19.3 Å². The Morgan fingerprint density at radius 3 is 2.26 bits per heavy atom. The van der Waals surface area contributed by atoms with Crippen molar-refractivity contribution in [2.24, 2.45) is 16.9 Å². The maximum Gasteiger partial charge on any atom is 0.243 e. The van der Waals surface area contributed by atoms with Crippen molar-refractivity contribution in [1.29, 1.82) is 0 Å². The second-order valence-electron chi connectivity index (χ2n) is 6.01. The fourth-order valence-electron chi connectivity index (χ4n) is 3.16. The molecule has 0 saturated heterocycles.